The van der Waals surface area contributed by atoms with Crippen molar-refractivity contribution in [2.75, 3.05) is 11.9 Å². The highest BCUT2D eigenvalue weighted by Crippen LogP contribution is 2.28. The van der Waals surface area contributed by atoms with E-state index < -0.39 is 0 Å². The molecule has 0 fully saturated rings. The van der Waals surface area contributed by atoms with Crippen LogP contribution in [0.2, 0.25) is 10.0 Å². The first-order chi connectivity index (χ1) is 8.20. The van der Waals surface area contributed by atoms with Crippen LogP contribution in [0.15, 0.2) is 30.5 Å². The summed E-state index contributed by atoms with van der Waals surface area (Å²) in [4.78, 5) is 8.57. The molecule has 1 N–H and O–H groups in total. The molecule has 0 aliphatic carbocycles. The van der Waals surface area contributed by atoms with E-state index >= 15 is 0 Å². The molecule has 0 aliphatic heterocycles. The molecule has 1 aromatic heterocycles. The van der Waals surface area contributed by atoms with Crippen molar-refractivity contribution in [3.63, 3.8) is 0 Å². The first kappa shape index (κ1) is 12.1. The summed E-state index contributed by atoms with van der Waals surface area (Å²) < 4.78 is 0. The van der Waals surface area contributed by atoms with Gasteiger partial charge >= 0.3 is 0 Å². The normalized spacial score (nSPS) is 10.3. The predicted molar refractivity (Wildman–Crippen MR) is 71.7 cm³/mol. The molecule has 0 radical (unpaired) electrons. The lowest BCUT2D eigenvalue weighted by molar-refractivity contribution is 1.12. The Morgan fingerprint density at radius 1 is 1.24 bits per heavy atom. The van der Waals surface area contributed by atoms with Crippen molar-refractivity contribution in [1.29, 1.82) is 0 Å². The molecule has 0 atom stereocenters. The third kappa shape index (κ3) is 2.87. The summed E-state index contributed by atoms with van der Waals surface area (Å²) in [5, 5.41) is 4.32. The van der Waals surface area contributed by atoms with E-state index in [4.69, 9.17) is 23.2 Å². The summed E-state index contributed by atoms with van der Waals surface area (Å²) in [6.07, 6.45) is 1.69. The van der Waals surface area contributed by atoms with Crippen molar-refractivity contribution >= 4 is 29.0 Å². The van der Waals surface area contributed by atoms with Gasteiger partial charge in [0.15, 0.2) is 5.82 Å². The van der Waals surface area contributed by atoms with Crippen LogP contribution < -0.4 is 5.32 Å². The zero-order valence-corrected chi connectivity index (χ0v) is 10.8. The molecule has 3 nitrogen and oxygen atoms in total. The van der Waals surface area contributed by atoms with Crippen LogP contribution in [0.1, 0.15) is 6.92 Å². The van der Waals surface area contributed by atoms with Gasteiger partial charge in [0, 0.05) is 23.3 Å². The van der Waals surface area contributed by atoms with Gasteiger partial charge in [-0.15, -0.1) is 0 Å². The summed E-state index contributed by atoms with van der Waals surface area (Å²) in [7, 11) is 0. The maximum absolute atomic E-state index is 6.10. The Labute approximate surface area is 110 Å². The molecular formula is C12H11Cl2N3. The summed E-state index contributed by atoms with van der Waals surface area (Å²) >= 11 is 12.0. The van der Waals surface area contributed by atoms with Gasteiger partial charge in [-0.2, -0.15) is 0 Å². The fraction of sp³-hybridized carbons (Fsp3) is 0.167. The minimum absolute atomic E-state index is 0.566. The van der Waals surface area contributed by atoms with Crippen molar-refractivity contribution in [3.8, 4) is 11.4 Å². The summed E-state index contributed by atoms with van der Waals surface area (Å²) in [6.45, 7) is 2.81. The van der Waals surface area contributed by atoms with Gasteiger partial charge in [0.1, 0.15) is 5.82 Å². The highest BCUT2D eigenvalue weighted by Gasteiger charge is 2.07. The van der Waals surface area contributed by atoms with Gasteiger partial charge in [0.2, 0.25) is 0 Å². The molecule has 0 aliphatic rings. The maximum atomic E-state index is 6.10. The number of hydrogen-bond donors (Lipinski definition) is 1. The van der Waals surface area contributed by atoms with Crippen LogP contribution >= 0.6 is 23.2 Å². The Kier molecular flexibility index (Phi) is 3.82. The molecule has 0 saturated carbocycles. The van der Waals surface area contributed by atoms with Crippen LogP contribution in [-0.4, -0.2) is 16.5 Å². The molecule has 88 valence electrons. The highest BCUT2D eigenvalue weighted by atomic mass is 35.5. The molecule has 2 rings (SSSR count). The minimum atomic E-state index is 0.566. The largest absolute Gasteiger partial charge is 0.370 e. The van der Waals surface area contributed by atoms with E-state index in [0.717, 1.165) is 17.9 Å². The average Bonchev–Trinajstić information content (AvgIpc) is 2.33. The van der Waals surface area contributed by atoms with Crippen LogP contribution in [0.25, 0.3) is 11.4 Å². The van der Waals surface area contributed by atoms with Crippen molar-refractivity contribution in [3.05, 3.63) is 40.5 Å². The van der Waals surface area contributed by atoms with Gasteiger partial charge in [0.25, 0.3) is 0 Å². The van der Waals surface area contributed by atoms with E-state index in [-0.39, 0.29) is 0 Å². The van der Waals surface area contributed by atoms with E-state index in [0.29, 0.717) is 15.9 Å². The van der Waals surface area contributed by atoms with Gasteiger partial charge in [-0.05, 0) is 31.2 Å². The van der Waals surface area contributed by atoms with E-state index in [1.54, 1.807) is 24.4 Å². The predicted octanol–water partition coefficient (Wildman–Crippen LogP) is 3.88. The van der Waals surface area contributed by atoms with Crippen molar-refractivity contribution in [2.45, 2.75) is 6.92 Å². The average molecular weight is 268 g/mol. The number of nitrogens with one attached hydrogen (secondary N) is 1. The van der Waals surface area contributed by atoms with Gasteiger partial charge < -0.3 is 5.32 Å². The molecule has 1 heterocycles. The lowest BCUT2D eigenvalue weighted by Gasteiger charge is -2.06. The number of rotatable bonds is 3. The molecule has 0 spiro atoms. The maximum Gasteiger partial charge on any atom is 0.163 e. The van der Waals surface area contributed by atoms with E-state index in [2.05, 4.69) is 15.3 Å². The topological polar surface area (TPSA) is 37.8 Å². The van der Waals surface area contributed by atoms with Gasteiger partial charge in [-0.25, -0.2) is 9.97 Å². The molecule has 0 unspecified atom stereocenters. The number of aromatic nitrogens is 2. The van der Waals surface area contributed by atoms with E-state index in [1.807, 2.05) is 13.0 Å². The van der Waals surface area contributed by atoms with Gasteiger partial charge in [0.05, 0.1) is 5.02 Å². The minimum Gasteiger partial charge on any atom is -0.370 e. The second-order valence-electron chi connectivity index (χ2n) is 3.42. The van der Waals surface area contributed by atoms with E-state index in [9.17, 15) is 0 Å². The lowest BCUT2D eigenvalue weighted by atomic mass is 10.2. The smallest absolute Gasteiger partial charge is 0.163 e. The summed E-state index contributed by atoms with van der Waals surface area (Å²) in [5.74, 6) is 1.34. The summed E-state index contributed by atoms with van der Waals surface area (Å²) in [5.41, 5.74) is 0.735. The van der Waals surface area contributed by atoms with Crippen molar-refractivity contribution in [2.24, 2.45) is 0 Å². The molecular weight excluding hydrogens is 257 g/mol. The van der Waals surface area contributed by atoms with Crippen LogP contribution in [0, 0.1) is 0 Å². The molecule has 17 heavy (non-hydrogen) atoms. The third-order valence-electron chi connectivity index (χ3n) is 2.18. The molecule has 5 heteroatoms. The molecule has 1 aromatic carbocycles. The molecule has 2 aromatic rings. The Balaban J connectivity index is 2.45. The SMILES string of the molecule is CCNc1ccnc(-c2cc(Cl)ccc2Cl)n1. The fourth-order valence-corrected chi connectivity index (χ4v) is 1.81. The van der Waals surface area contributed by atoms with Crippen LogP contribution in [0.4, 0.5) is 5.82 Å². The van der Waals surface area contributed by atoms with Crippen molar-refractivity contribution < 1.29 is 0 Å². The monoisotopic (exact) mass is 267 g/mol. The standard InChI is InChI=1S/C12H11Cl2N3/c1-2-15-11-5-6-16-12(17-11)9-7-8(13)3-4-10(9)14/h3-7H,2H2,1H3,(H,15,16,17). The van der Waals surface area contributed by atoms with Gasteiger partial charge in [-0.1, -0.05) is 23.2 Å². The second-order valence-corrected chi connectivity index (χ2v) is 4.26. The first-order valence-corrected chi connectivity index (χ1v) is 5.98. The van der Waals surface area contributed by atoms with Gasteiger partial charge in [-0.3, -0.25) is 0 Å². The van der Waals surface area contributed by atoms with Crippen molar-refractivity contribution in [1.82, 2.24) is 9.97 Å². The molecule has 0 amide bonds. The van der Waals surface area contributed by atoms with Crippen LogP contribution in [-0.2, 0) is 0 Å². The molecule has 0 bridgehead atoms. The highest BCUT2D eigenvalue weighted by molar-refractivity contribution is 6.35. The number of nitrogens with zero attached hydrogens (tertiary/aromatic N) is 2. The quantitative estimate of drug-likeness (QED) is 0.917. The van der Waals surface area contributed by atoms with Crippen LogP contribution in [0.5, 0.6) is 0 Å². The van der Waals surface area contributed by atoms with E-state index in [1.165, 1.54) is 0 Å². The Morgan fingerprint density at radius 2 is 2.06 bits per heavy atom. The Bertz CT molecular complexity index is 529. The zero-order valence-electron chi connectivity index (χ0n) is 9.24. The van der Waals surface area contributed by atoms with Crippen LogP contribution in [0.3, 0.4) is 0 Å². The number of anilines is 1. The second kappa shape index (κ2) is 5.34. The number of hydrogen-bond acceptors (Lipinski definition) is 3. The molecule has 0 saturated heterocycles. The Morgan fingerprint density at radius 3 is 2.82 bits per heavy atom. The fourth-order valence-electron chi connectivity index (χ4n) is 1.44. The lowest BCUT2D eigenvalue weighted by Crippen LogP contribution is -2.00. The number of benzene rings is 1. The first-order valence-electron chi connectivity index (χ1n) is 5.23. The zero-order chi connectivity index (χ0) is 12.3. The Hall–Kier alpha value is -1.32. The third-order valence-corrected chi connectivity index (χ3v) is 2.75. The number of halogens is 2. The summed E-state index contributed by atoms with van der Waals surface area (Å²) in [6, 6.07) is 7.05.